The fourth-order valence-corrected chi connectivity index (χ4v) is 3.71. The summed E-state index contributed by atoms with van der Waals surface area (Å²) in [5, 5.41) is 0.889. The van der Waals surface area contributed by atoms with Crippen LogP contribution in [0.4, 0.5) is 5.69 Å². The van der Waals surface area contributed by atoms with Crippen LogP contribution in [0.1, 0.15) is 27.2 Å². The van der Waals surface area contributed by atoms with E-state index in [0.717, 1.165) is 9.86 Å². The molecule has 0 saturated heterocycles. The number of sulfonamides is 1. The lowest BCUT2D eigenvalue weighted by molar-refractivity contribution is 0.397. The highest BCUT2D eigenvalue weighted by molar-refractivity contribution is 9.10. The third-order valence-electron chi connectivity index (χ3n) is 3.06. The first-order valence-corrected chi connectivity index (χ1v) is 9.16. The molecule has 1 aromatic carbocycles. The minimum Gasteiger partial charge on any atom is -0.281 e. The molecule has 1 N–H and O–H groups in total. The second-order valence-corrected chi connectivity index (χ2v) is 9.02. The molecule has 6 heteroatoms. The summed E-state index contributed by atoms with van der Waals surface area (Å²) >= 11 is 3.36. The van der Waals surface area contributed by atoms with Gasteiger partial charge in [-0.05, 0) is 39.9 Å². The smallest absolute Gasteiger partial charge is 0.232 e. The molecule has 4 nitrogen and oxygen atoms in total. The Morgan fingerprint density at radius 3 is 2.67 bits per heavy atom. The van der Waals surface area contributed by atoms with Gasteiger partial charge >= 0.3 is 0 Å². The van der Waals surface area contributed by atoms with E-state index in [1.54, 1.807) is 12.3 Å². The van der Waals surface area contributed by atoms with Gasteiger partial charge in [0.2, 0.25) is 10.0 Å². The maximum atomic E-state index is 12.2. The lowest BCUT2D eigenvalue weighted by Gasteiger charge is -2.18. The van der Waals surface area contributed by atoms with Gasteiger partial charge in [0.25, 0.3) is 0 Å². The molecule has 0 aliphatic carbocycles. The van der Waals surface area contributed by atoms with Gasteiger partial charge in [0.15, 0.2) is 0 Å². The number of para-hydroxylation sites is 1. The first-order chi connectivity index (χ1) is 9.66. The van der Waals surface area contributed by atoms with Crippen LogP contribution in [0.15, 0.2) is 34.9 Å². The van der Waals surface area contributed by atoms with Crippen LogP contribution in [-0.4, -0.2) is 19.2 Å². The third kappa shape index (κ3) is 4.68. The largest absolute Gasteiger partial charge is 0.281 e. The lowest BCUT2D eigenvalue weighted by atomic mass is 9.94. The summed E-state index contributed by atoms with van der Waals surface area (Å²) in [6.45, 7) is 6.08. The average Bonchev–Trinajstić information content (AvgIpc) is 2.35. The molecule has 0 spiro atoms. The summed E-state index contributed by atoms with van der Waals surface area (Å²) in [5.74, 6) is 0.101. The minimum absolute atomic E-state index is 0.0172. The van der Waals surface area contributed by atoms with E-state index in [1.165, 1.54) is 0 Å². The molecule has 0 atom stereocenters. The maximum absolute atomic E-state index is 12.2. The SMILES string of the molecule is CC(C)(C)CCS(=O)(=O)Nc1cccc2cc(Br)cnc12. The number of halogens is 1. The average molecular weight is 371 g/mol. The van der Waals surface area contributed by atoms with Crippen molar-refractivity contribution >= 4 is 42.5 Å². The fourth-order valence-electron chi connectivity index (χ4n) is 1.88. The number of nitrogens with one attached hydrogen (secondary N) is 1. The molecule has 1 heterocycles. The number of aromatic nitrogens is 1. The van der Waals surface area contributed by atoms with Crippen LogP contribution in [0, 0.1) is 5.41 Å². The first-order valence-electron chi connectivity index (χ1n) is 6.71. The summed E-state index contributed by atoms with van der Waals surface area (Å²) < 4.78 is 27.9. The van der Waals surface area contributed by atoms with E-state index in [0.29, 0.717) is 17.6 Å². The predicted molar refractivity (Wildman–Crippen MR) is 90.9 cm³/mol. The molecule has 0 radical (unpaired) electrons. The molecule has 0 unspecified atom stereocenters. The van der Waals surface area contributed by atoms with Gasteiger partial charge in [0.05, 0.1) is 17.0 Å². The van der Waals surface area contributed by atoms with E-state index in [9.17, 15) is 8.42 Å². The normalized spacial score (nSPS) is 12.6. The number of pyridine rings is 1. The molecular weight excluding hydrogens is 352 g/mol. The van der Waals surface area contributed by atoms with Crippen molar-refractivity contribution in [3.05, 3.63) is 34.9 Å². The zero-order valence-corrected chi connectivity index (χ0v) is 14.8. The molecule has 1 aromatic heterocycles. The van der Waals surface area contributed by atoms with E-state index >= 15 is 0 Å². The van der Waals surface area contributed by atoms with Crippen LogP contribution in [0.25, 0.3) is 10.9 Å². The van der Waals surface area contributed by atoms with Crippen LogP contribution in [-0.2, 0) is 10.0 Å². The number of anilines is 1. The van der Waals surface area contributed by atoms with Crippen LogP contribution in [0.3, 0.4) is 0 Å². The van der Waals surface area contributed by atoms with Crippen LogP contribution in [0.2, 0.25) is 0 Å². The van der Waals surface area contributed by atoms with Gasteiger partial charge < -0.3 is 0 Å². The number of hydrogen-bond donors (Lipinski definition) is 1. The number of nitrogens with zero attached hydrogens (tertiary/aromatic N) is 1. The van der Waals surface area contributed by atoms with Gasteiger partial charge in [0, 0.05) is 16.1 Å². The van der Waals surface area contributed by atoms with E-state index in [4.69, 9.17) is 0 Å². The van der Waals surface area contributed by atoms with Gasteiger partial charge in [-0.1, -0.05) is 32.9 Å². The number of hydrogen-bond acceptors (Lipinski definition) is 3. The van der Waals surface area contributed by atoms with Gasteiger partial charge in [-0.3, -0.25) is 9.71 Å². The molecule has 21 heavy (non-hydrogen) atoms. The Morgan fingerprint density at radius 1 is 1.29 bits per heavy atom. The maximum Gasteiger partial charge on any atom is 0.232 e. The topological polar surface area (TPSA) is 59.1 Å². The minimum atomic E-state index is -3.37. The molecule has 0 amide bonds. The Hall–Kier alpha value is -1.14. The van der Waals surface area contributed by atoms with Crippen molar-refractivity contribution in [3.8, 4) is 0 Å². The zero-order chi connectivity index (χ0) is 15.7. The Labute approximate surface area is 134 Å². The van der Waals surface area contributed by atoms with Gasteiger partial charge in [-0.2, -0.15) is 0 Å². The fraction of sp³-hybridized carbons (Fsp3) is 0.400. The van der Waals surface area contributed by atoms with E-state index in [-0.39, 0.29) is 11.2 Å². The second-order valence-electron chi connectivity index (χ2n) is 6.26. The third-order valence-corrected chi connectivity index (χ3v) is 4.77. The number of benzene rings is 1. The first kappa shape index (κ1) is 16.2. The number of rotatable bonds is 4. The summed E-state index contributed by atoms with van der Waals surface area (Å²) in [7, 11) is -3.37. The molecule has 114 valence electrons. The van der Waals surface area contributed by atoms with Crippen molar-refractivity contribution in [2.24, 2.45) is 5.41 Å². The predicted octanol–water partition coefficient (Wildman–Crippen LogP) is 4.18. The van der Waals surface area contributed by atoms with Crippen molar-refractivity contribution in [1.82, 2.24) is 4.98 Å². The Balaban J connectivity index is 2.27. The molecular formula is C15H19BrN2O2S. The van der Waals surface area contributed by atoms with Crippen molar-refractivity contribution in [3.63, 3.8) is 0 Å². The lowest BCUT2D eigenvalue weighted by Crippen LogP contribution is -2.21. The highest BCUT2D eigenvalue weighted by Crippen LogP contribution is 2.25. The van der Waals surface area contributed by atoms with Crippen molar-refractivity contribution in [2.75, 3.05) is 10.5 Å². The number of fused-ring (bicyclic) bond motifs is 1. The van der Waals surface area contributed by atoms with Crippen LogP contribution in [0.5, 0.6) is 0 Å². The highest BCUT2D eigenvalue weighted by atomic mass is 79.9. The Bertz CT molecular complexity index is 752. The molecule has 0 aliphatic heterocycles. The second kappa shape index (κ2) is 5.93. The zero-order valence-electron chi connectivity index (χ0n) is 12.4. The van der Waals surface area contributed by atoms with Crippen molar-refractivity contribution in [2.45, 2.75) is 27.2 Å². The Kier molecular flexibility index (Phi) is 4.58. The van der Waals surface area contributed by atoms with E-state index in [2.05, 4.69) is 25.6 Å². The molecule has 0 fully saturated rings. The molecule has 2 aromatic rings. The van der Waals surface area contributed by atoms with Crippen molar-refractivity contribution < 1.29 is 8.42 Å². The molecule has 0 saturated carbocycles. The Morgan fingerprint density at radius 2 is 2.00 bits per heavy atom. The van der Waals surface area contributed by atoms with E-state index in [1.807, 2.05) is 39.0 Å². The summed E-state index contributed by atoms with van der Waals surface area (Å²) in [6.07, 6.45) is 2.27. The van der Waals surface area contributed by atoms with Crippen molar-refractivity contribution in [1.29, 1.82) is 0 Å². The molecule has 2 rings (SSSR count). The van der Waals surface area contributed by atoms with Gasteiger partial charge in [-0.25, -0.2) is 8.42 Å². The summed E-state index contributed by atoms with van der Waals surface area (Å²) in [6, 6.07) is 7.37. The van der Waals surface area contributed by atoms with E-state index < -0.39 is 10.0 Å². The summed E-state index contributed by atoms with van der Waals surface area (Å²) in [4.78, 5) is 4.30. The van der Waals surface area contributed by atoms with Gasteiger partial charge in [-0.15, -0.1) is 0 Å². The highest BCUT2D eigenvalue weighted by Gasteiger charge is 2.18. The summed E-state index contributed by atoms with van der Waals surface area (Å²) in [5.41, 5.74) is 1.16. The van der Waals surface area contributed by atoms with Gasteiger partial charge in [0.1, 0.15) is 0 Å². The quantitative estimate of drug-likeness (QED) is 0.877. The van der Waals surface area contributed by atoms with Crippen LogP contribution < -0.4 is 4.72 Å². The molecule has 0 bridgehead atoms. The molecule has 0 aliphatic rings. The standard InChI is InChI=1S/C15H19BrN2O2S/c1-15(2,3)7-8-21(19,20)18-13-6-4-5-11-9-12(16)10-17-14(11)13/h4-6,9-10,18H,7-8H2,1-3H3. The monoisotopic (exact) mass is 370 g/mol. The van der Waals surface area contributed by atoms with Crippen LogP contribution >= 0.6 is 15.9 Å².